The van der Waals surface area contributed by atoms with Gasteiger partial charge in [0.25, 0.3) is 5.91 Å². The van der Waals surface area contributed by atoms with Crippen molar-refractivity contribution < 1.29 is 13.9 Å². The lowest BCUT2D eigenvalue weighted by atomic mass is 10.1. The first-order chi connectivity index (χ1) is 14.1. The zero-order valence-electron chi connectivity index (χ0n) is 17.5. The highest BCUT2D eigenvalue weighted by molar-refractivity contribution is 5.94. The molecule has 0 saturated carbocycles. The molecule has 0 saturated heterocycles. The Labute approximate surface area is 172 Å². The monoisotopic (exact) mass is 400 g/mol. The Morgan fingerprint density at radius 1 is 1.14 bits per heavy atom. The number of furan rings is 1. The predicted molar refractivity (Wildman–Crippen MR) is 115 cm³/mol. The average Bonchev–Trinajstić information content (AvgIpc) is 3.24. The van der Waals surface area contributed by atoms with E-state index in [1.807, 2.05) is 24.3 Å². The Morgan fingerprint density at radius 2 is 2.00 bits per heavy atom. The minimum atomic E-state index is -0.132. The molecule has 2 rings (SSSR count). The second kappa shape index (κ2) is 12.6. The quantitative estimate of drug-likeness (QED) is 0.307. The lowest BCUT2D eigenvalue weighted by molar-refractivity contribution is 0.0948. The van der Waals surface area contributed by atoms with E-state index < -0.39 is 0 Å². The molecule has 7 nitrogen and oxygen atoms in total. The SMILES string of the molecule is CN=C(NCCCOCC(C)C)NCc1cccc(C(=O)NCc2ccco2)c1. The molecule has 0 spiro atoms. The molecule has 7 heteroatoms. The van der Waals surface area contributed by atoms with Crippen molar-refractivity contribution in [2.24, 2.45) is 10.9 Å². The van der Waals surface area contributed by atoms with E-state index in [0.717, 1.165) is 43.5 Å². The second-order valence-electron chi connectivity index (χ2n) is 7.14. The van der Waals surface area contributed by atoms with Crippen LogP contribution in [0.2, 0.25) is 0 Å². The number of nitrogens with zero attached hydrogens (tertiary/aromatic N) is 1. The Balaban J connectivity index is 1.73. The molecule has 0 unspecified atom stereocenters. The average molecular weight is 401 g/mol. The van der Waals surface area contributed by atoms with Gasteiger partial charge in [-0.1, -0.05) is 26.0 Å². The third-order valence-corrected chi connectivity index (χ3v) is 4.09. The molecule has 2 aromatic rings. The van der Waals surface area contributed by atoms with Gasteiger partial charge in [0.15, 0.2) is 5.96 Å². The van der Waals surface area contributed by atoms with Crippen LogP contribution in [0.15, 0.2) is 52.1 Å². The highest BCUT2D eigenvalue weighted by Crippen LogP contribution is 2.06. The molecular formula is C22H32N4O3. The number of ether oxygens (including phenoxy) is 1. The van der Waals surface area contributed by atoms with E-state index in [9.17, 15) is 4.79 Å². The molecule has 29 heavy (non-hydrogen) atoms. The molecule has 0 fully saturated rings. The Morgan fingerprint density at radius 3 is 2.72 bits per heavy atom. The van der Waals surface area contributed by atoms with Crippen molar-refractivity contribution in [2.45, 2.75) is 33.4 Å². The molecular weight excluding hydrogens is 368 g/mol. The van der Waals surface area contributed by atoms with Crippen molar-refractivity contribution >= 4 is 11.9 Å². The first-order valence-electron chi connectivity index (χ1n) is 10.00. The topological polar surface area (TPSA) is 87.9 Å². The standard InChI is InChI=1S/C22H32N4O3/c1-17(2)16-28-11-6-10-24-22(23-3)26-14-18-7-4-8-19(13-18)21(27)25-15-20-9-5-12-29-20/h4-5,7-9,12-13,17H,6,10-11,14-16H2,1-3H3,(H,25,27)(H2,23,24,26). The van der Waals surface area contributed by atoms with E-state index in [-0.39, 0.29) is 5.91 Å². The Bertz CT molecular complexity index is 757. The van der Waals surface area contributed by atoms with Gasteiger partial charge in [-0.15, -0.1) is 0 Å². The first-order valence-corrected chi connectivity index (χ1v) is 10.00. The van der Waals surface area contributed by atoms with Gasteiger partial charge < -0.3 is 25.1 Å². The molecule has 1 aromatic heterocycles. The molecule has 3 N–H and O–H groups in total. The largest absolute Gasteiger partial charge is 0.467 e. The summed E-state index contributed by atoms with van der Waals surface area (Å²) >= 11 is 0. The Hall–Kier alpha value is -2.80. The zero-order valence-corrected chi connectivity index (χ0v) is 17.5. The molecule has 0 bridgehead atoms. The van der Waals surface area contributed by atoms with Gasteiger partial charge in [-0.3, -0.25) is 9.79 Å². The van der Waals surface area contributed by atoms with Crippen molar-refractivity contribution in [2.75, 3.05) is 26.8 Å². The Kier molecular flexibility index (Phi) is 9.78. The van der Waals surface area contributed by atoms with Crippen molar-refractivity contribution in [1.29, 1.82) is 0 Å². The number of carbonyl (C=O) groups excluding carboxylic acids is 1. The summed E-state index contributed by atoms with van der Waals surface area (Å²) in [5.74, 6) is 1.87. The van der Waals surface area contributed by atoms with Gasteiger partial charge in [-0.05, 0) is 42.2 Å². The van der Waals surface area contributed by atoms with Gasteiger partial charge >= 0.3 is 0 Å². The number of benzene rings is 1. The van der Waals surface area contributed by atoms with E-state index in [1.54, 1.807) is 25.4 Å². The van der Waals surface area contributed by atoms with Crippen LogP contribution in [0.5, 0.6) is 0 Å². The fraction of sp³-hybridized carbons (Fsp3) is 0.455. The normalized spacial score (nSPS) is 11.5. The summed E-state index contributed by atoms with van der Waals surface area (Å²) in [6, 6.07) is 11.1. The summed E-state index contributed by atoms with van der Waals surface area (Å²) in [6.45, 7) is 7.53. The molecule has 0 radical (unpaired) electrons. The smallest absolute Gasteiger partial charge is 0.251 e. The highest BCUT2D eigenvalue weighted by Gasteiger charge is 2.07. The van der Waals surface area contributed by atoms with E-state index in [1.165, 1.54) is 0 Å². The summed E-state index contributed by atoms with van der Waals surface area (Å²) < 4.78 is 10.8. The van der Waals surface area contributed by atoms with Gasteiger partial charge in [0, 0.05) is 38.9 Å². The molecule has 1 amide bonds. The van der Waals surface area contributed by atoms with Gasteiger partial charge in [-0.2, -0.15) is 0 Å². The summed E-state index contributed by atoms with van der Waals surface area (Å²) in [4.78, 5) is 16.6. The van der Waals surface area contributed by atoms with Crippen LogP contribution in [-0.4, -0.2) is 38.7 Å². The van der Waals surface area contributed by atoms with Crippen LogP contribution in [0.1, 0.15) is 41.9 Å². The van der Waals surface area contributed by atoms with Crippen LogP contribution < -0.4 is 16.0 Å². The van der Waals surface area contributed by atoms with Crippen molar-refractivity contribution in [1.82, 2.24) is 16.0 Å². The zero-order chi connectivity index (χ0) is 20.9. The highest BCUT2D eigenvalue weighted by atomic mass is 16.5. The summed E-state index contributed by atoms with van der Waals surface area (Å²) in [7, 11) is 1.74. The third-order valence-electron chi connectivity index (χ3n) is 4.09. The maximum atomic E-state index is 12.3. The van der Waals surface area contributed by atoms with Crippen LogP contribution in [0.25, 0.3) is 0 Å². The van der Waals surface area contributed by atoms with E-state index in [0.29, 0.717) is 24.6 Å². The molecule has 0 aliphatic heterocycles. The molecule has 1 heterocycles. The maximum Gasteiger partial charge on any atom is 0.251 e. The number of hydrogen-bond donors (Lipinski definition) is 3. The van der Waals surface area contributed by atoms with Crippen LogP contribution in [0, 0.1) is 5.92 Å². The van der Waals surface area contributed by atoms with Crippen molar-refractivity contribution in [3.05, 3.63) is 59.5 Å². The first kappa shape index (κ1) is 22.5. The summed E-state index contributed by atoms with van der Waals surface area (Å²) in [5.41, 5.74) is 1.61. The minimum Gasteiger partial charge on any atom is -0.467 e. The molecule has 1 aromatic carbocycles. The second-order valence-corrected chi connectivity index (χ2v) is 7.14. The van der Waals surface area contributed by atoms with Crippen molar-refractivity contribution in [3.63, 3.8) is 0 Å². The van der Waals surface area contributed by atoms with Gasteiger partial charge in [0.2, 0.25) is 0 Å². The fourth-order valence-electron chi connectivity index (χ4n) is 2.61. The van der Waals surface area contributed by atoms with Crippen LogP contribution in [0.3, 0.4) is 0 Å². The number of aliphatic imine (C=N–C) groups is 1. The molecule has 0 aliphatic carbocycles. The lowest BCUT2D eigenvalue weighted by Gasteiger charge is -2.13. The molecule has 0 aliphatic rings. The number of amides is 1. The molecule has 158 valence electrons. The number of guanidine groups is 1. The lowest BCUT2D eigenvalue weighted by Crippen LogP contribution is -2.37. The summed E-state index contributed by atoms with van der Waals surface area (Å²) in [5, 5.41) is 9.39. The van der Waals surface area contributed by atoms with Crippen LogP contribution >= 0.6 is 0 Å². The van der Waals surface area contributed by atoms with Crippen LogP contribution in [-0.2, 0) is 17.8 Å². The van der Waals surface area contributed by atoms with Crippen LogP contribution in [0.4, 0.5) is 0 Å². The summed E-state index contributed by atoms with van der Waals surface area (Å²) in [6.07, 6.45) is 2.51. The minimum absolute atomic E-state index is 0.132. The van der Waals surface area contributed by atoms with E-state index in [2.05, 4.69) is 34.8 Å². The van der Waals surface area contributed by atoms with Crippen molar-refractivity contribution in [3.8, 4) is 0 Å². The fourth-order valence-corrected chi connectivity index (χ4v) is 2.61. The van der Waals surface area contributed by atoms with Gasteiger partial charge in [0.05, 0.1) is 12.8 Å². The van der Waals surface area contributed by atoms with Gasteiger partial charge in [-0.25, -0.2) is 0 Å². The number of nitrogens with one attached hydrogen (secondary N) is 3. The number of rotatable bonds is 11. The third kappa shape index (κ3) is 8.83. The maximum absolute atomic E-state index is 12.3. The number of carbonyl (C=O) groups is 1. The van der Waals surface area contributed by atoms with E-state index in [4.69, 9.17) is 9.15 Å². The molecule has 0 atom stereocenters. The van der Waals surface area contributed by atoms with Gasteiger partial charge in [0.1, 0.15) is 5.76 Å². The van der Waals surface area contributed by atoms with E-state index >= 15 is 0 Å². The number of hydrogen-bond acceptors (Lipinski definition) is 4. The predicted octanol–water partition coefficient (Wildman–Crippen LogP) is 2.94.